The van der Waals surface area contributed by atoms with Crippen LogP contribution in [0.1, 0.15) is 6.92 Å². The van der Waals surface area contributed by atoms with Gasteiger partial charge in [0.1, 0.15) is 6.61 Å². The van der Waals surface area contributed by atoms with Crippen LogP contribution in [0.15, 0.2) is 18.2 Å². The molecule has 6 heteroatoms. The minimum absolute atomic E-state index is 0.0128. The highest BCUT2D eigenvalue weighted by atomic mass is 16.5. The van der Waals surface area contributed by atoms with E-state index in [1.165, 1.54) is 0 Å². The van der Waals surface area contributed by atoms with E-state index in [1.54, 1.807) is 26.4 Å². The van der Waals surface area contributed by atoms with E-state index in [0.717, 1.165) is 13.1 Å². The maximum absolute atomic E-state index is 12.2. The number of methoxy groups -OCH3 is 2. The second kappa shape index (κ2) is 8.00. The van der Waals surface area contributed by atoms with Crippen LogP contribution in [0.25, 0.3) is 0 Å². The van der Waals surface area contributed by atoms with Crippen molar-refractivity contribution in [2.45, 2.75) is 6.92 Å². The summed E-state index contributed by atoms with van der Waals surface area (Å²) in [7, 11) is 3.20. The van der Waals surface area contributed by atoms with Crippen LogP contribution in [0.5, 0.6) is 11.5 Å². The lowest BCUT2D eigenvalue weighted by Crippen LogP contribution is -2.48. The molecule has 1 aliphatic rings. The minimum Gasteiger partial charge on any atom is -0.493 e. The molecule has 2 rings (SSSR count). The van der Waals surface area contributed by atoms with Gasteiger partial charge >= 0.3 is 0 Å². The van der Waals surface area contributed by atoms with E-state index in [2.05, 4.69) is 10.6 Å². The molecule has 1 fully saturated rings. The molecule has 1 aromatic rings. The highest BCUT2D eigenvalue weighted by Gasteiger charge is 2.28. The Bertz CT molecular complexity index is 503. The Balaban J connectivity index is 2.00. The van der Waals surface area contributed by atoms with Crippen molar-refractivity contribution in [2.75, 3.05) is 45.8 Å². The number of rotatable bonds is 8. The van der Waals surface area contributed by atoms with Crippen molar-refractivity contribution >= 4 is 11.6 Å². The fourth-order valence-electron chi connectivity index (χ4n) is 2.24. The van der Waals surface area contributed by atoms with Gasteiger partial charge in [-0.2, -0.15) is 0 Å². The van der Waals surface area contributed by atoms with Gasteiger partial charge in [-0.25, -0.2) is 0 Å². The van der Waals surface area contributed by atoms with E-state index < -0.39 is 0 Å². The molecule has 0 bridgehead atoms. The minimum atomic E-state index is -0.0128. The summed E-state index contributed by atoms with van der Waals surface area (Å²) in [6.45, 7) is 4.69. The molecule has 1 aromatic carbocycles. The average molecular weight is 308 g/mol. The number of hydrogen-bond acceptors (Lipinski definition) is 5. The zero-order valence-corrected chi connectivity index (χ0v) is 13.3. The lowest BCUT2D eigenvalue weighted by atomic mass is 9.88. The Labute approximate surface area is 131 Å². The molecule has 122 valence electrons. The third-order valence-electron chi connectivity index (χ3n) is 3.91. The van der Waals surface area contributed by atoms with Gasteiger partial charge in [-0.3, -0.25) is 4.79 Å². The lowest BCUT2D eigenvalue weighted by molar-refractivity contribution is -0.121. The molecule has 22 heavy (non-hydrogen) atoms. The second-order valence-corrected chi connectivity index (χ2v) is 5.40. The number of amides is 1. The van der Waals surface area contributed by atoms with Crippen LogP contribution in [0.4, 0.5) is 5.69 Å². The number of benzene rings is 1. The molecular weight excluding hydrogens is 284 g/mol. The summed E-state index contributed by atoms with van der Waals surface area (Å²) in [6, 6.07) is 5.37. The SMILES string of the molecule is COCCOc1cc(NC(=O)C(C)C2CNC2)ccc1OC. The summed E-state index contributed by atoms with van der Waals surface area (Å²) < 4.78 is 15.8. The van der Waals surface area contributed by atoms with Crippen LogP contribution in [0.2, 0.25) is 0 Å². The molecule has 1 amide bonds. The van der Waals surface area contributed by atoms with Crippen LogP contribution in [-0.4, -0.2) is 46.4 Å². The van der Waals surface area contributed by atoms with Gasteiger partial charge in [0, 0.05) is 24.8 Å². The average Bonchev–Trinajstić information content (AvgIpc) is 2.46. The van der Waals surface area contributed by atoms with Gasteiger partial charge in [0.15, 0.2) is 11.5 Å². The molecule has 0 spiro atoms. The molecule has 1 aliphatic heterocycles. The van der Waals surface area contributed by atoms with Gasteiger partial charge < -0.3 is 24.8 Å². The zero-order chi connectivity index (χ0) is 15.9. The quantitative estimate of drug-likeness (QED) is 0.713. The second-order valence-electron chi connectivity index (χ2n) is 5.40. The Kier molecular flexibility index (Phi) is 6.03. The van der Waals surface area contributed by atoms with Gasteiger partial charge in [-0.15, -0.1) is 0 Å². The summed E-state index contributed by atoms with van der Waals surface area (Å²) in [6.07, 6.45) is 0. The number of anilines is 1. The summed E-state index contributed by atoms with van der Waals surface area (Å²) in [5.41, 5.74) is 0.706. The van der Waals surface area contributed by atoms with Crippen LogP contribution in [-0.2, 0) is 9.53 Å². The fraction of sp³-hybridized carbons (Fsp3) is 0.562. The molecule has 0 aromatic heterocycles. The number of carbonyl (C=O) groups is 1. The van der Waals surface area contributed by atoms with Gasteiger partial charge in [0.25, 0.3) is 0 Å². The maximum Gasteiger partial charge on any atom is 0.227 e. The van der Waals surface area contributed by atoms with E-state index in [0.29, 0.717) is 36.3 Å². The van der Waals surface area contributed by atoms with E-state index in [-0.39, 0.29) is 11.8 Å². The highest BCUT2D eigenvalue weighted by molar-refractivity contribution is 5.93. The topological polar surface area (TPSA) is 68.8 Å². The first kappa shape index (κ1) is 16.6. The van der Waals surface area contributed by atoms with Crippen molar-refractivity contribution < 1.29 is 19.0 Å². The predicted octanol–water partition coefficient (Wildman–Crippen LogP) is 1.51. The number of ether oxygens (including phenoxy) is 3. The van der Waals surface area contributed by atoms with E-state index in [4.69, 9.17) is 14.2 Å². The monoisotopic (exact) mass is 308 g/mol. The largest absolute Gasteiger partial charge is 0.493 e. The number of nitrogens with one attached hydrogen (secondary N) is 2. The van der Waals surface area contributed by atoms with E-state index in [1.807, 2.05) is 13.0 Å². The normalized spacial score (nSPS) is 15.8. The number of carbonyl (C=O) groups excluding carboxylic acids is 1. The molecule has 0 aliphatic carbocycles. The third-order valence-corrected chi connectivity index (χ3v) is 3.91. The molecule has 0 saturated carbocycles. The van der Waals surface area contributed by atoms with Crippen LogP contribution in [0, 0.1) is 11.8 Å². The van der Waals surface area contributed by atoms with Crippen molar-refractivity contribution in [3.05, 3.63) is 18.2 Å². The van der Waals surface area contributed by atoms with Gasteiger partial charge in [-0.1, -0.05) is 6.92 Å². The van der Waals surface area contributed by atoms with Crippen LogP contribution >= 0.6 is 0 Å². The summed E-state index contributed by atoms with van der Waals surface area (Å²) >= 11 is 0. The van der Waals surface area contributed by atoms with Crippen molar-refractivity contribution in [2.24, 2.45) is 11.8 Å². The molecule has 2 N–H and O–H groups in total. The Hall–Kier alpha value is -1.79. The smallest absolute Gasteiger partial charge is 0.227 e. The zero-order valence-electron chi connectivity index (χ0n) is 13.3. The molecular formula is C16H24N2O4. The van der Waals surface area contributed by atoms with Crippen molar-refractivity contribution in [1.82, 2.24) is 5.32 Å². The van der Waals surface area contributed by atoms with Crippen molar-refractivity contribution in [1.29, 1.82) is 0 Å². The molecule has 1 unspecified atom stereocenters. The van der Waals surface area contributed by atoms with Crippen LogP contribution in [0.3, 0.4) is 0 Å². The van der Waals surface area contributed by atoms with Crippen LogP contribution < -0.4 is 20.1 Å². The first-order valence-electron chi connectivity index (χ1n) is 7.47. The summed E-state index contributed by atoms with van der Waals surface area (Å²) in [5, 5.41) is 6.12. The summed E-state index contributed by atoms with van der Waals surface area (Å²) in [4.78, 5) is 12.2. The Morgan fingerprint density at radius 2 is 2.09 bits per heavy atom. The molecule has 0 radical (unpaired) electrons. The third kappa shape index (κ3) is 4.11. The van der Waals surface area contributed by atoms with Gasteiger partial charge in [0.05, 0.1) is 13.7 Å². The first-order chi connectivity index (χ1) is 10.7. The standard InChI is InChI=1S/C16H24N2O4/c1-11(12-9-17-10-12)16(19)18-13-4-5-14(21-3)15(8-13)22-7-6-20-2/h4-5,8,11-12,17H,6-7,9-10H2,1-3H3,(H,18,19). The Morgan fingerprint density at radius 3 is 2.68 bits per heavy atom. The van der Waals surface area contributed by atoms with E-state index >= 15 is 0 Å². The van der Waals surface area contributed by atoms with Gasteiger partial charge in [0.2, 0.25) is 5.91 Å². The maximum atomic E-state index is 12.2. The molecule has 1 heterocycles. The fourth-order valence-corrected chi connectivity index (χ4v) is 2.24. The lowest BCUT2D eigenvalue weighted by Gasteiger charge is -2.31. The van der Waals surface area contributed by atoms with Crippen molar-refractivity contribution in [3.8, 4) is 11.5 Å². The first-order valence-corrected chi connectivity index (χ1v) is 7.47. The molecule has 6 nitrogen and oxygen atoms in total. The van der Waals surface area contributed by atoms with Gasteiger partial charge in [-0.05, 0) is 31.1 Å². The molecule has 1 atom stereocenters. The molecule has 1 saturated heterocycles. The van der Waals surface area contributed by atoms with E-state index in [9.17, 15) is 4.79 Å². The summed E-state index contributed by atoms with van der Waals surface area (Å²) in [5.74, 6) is 1.65. The number of hydrogen-bond donors (Lipinski definition) is 2. The van der Waals surface area contributed by atoms with Crippen molar-refractivity contribution in [3.63, 3.8) is 0 Å². The highest BCUT2D eigenvalue weighted by Crippen LogP contribution is 2.30. The Morgan fingerprint density at radius 1 is 1.32 bits per heavy atom. The predicted molar refractivity (Wildman–Crippen MR) is 84.5 cm³/mol.